The third-order valence-electron chi connectivity index (χ3n) is 6.80. The standard InChI is InChI=1S/C24H30FN5O/c1-4-24(2)11-5-6-19(25)21(15-24)29(3)23-10-9-20(27-28-23)18-8-7-17(14-22(18)31)30-13-12-26-16-30/h7-10,12-14,16,19,21,31H,4-6,11,15H2,1-3H3/t19-,21+,24+/m0/s1. The van der Waals surface area contributed by atoms with Gasteiger partial charge in [0.15, 0.2) is 5.82 Å². The van der Waals surface area contributed by atoms with Crippen molar-refractivity contribution in [1.29, 1.82) is 0 Å². The number of nitrogens with zero attached hydrogens (tertiary/aromatic N) is 5. The predicted molar refractivity (Wildman–Crippen MR) is 120 cm³/mol. The molecule has 3 atom stereocenters. The molecule has 3 aromatic rings. The lowest BCUT2D eigenvalue weighted by Crippen LogP contribution is -2.42. The molecule has 0 spiro atoms. The fourth-order valence-corrected chi connectivity index (χ4v) is 4.49. The van der Waals surface area contributed by atoms with Gasteiger partial charge in [0.05, 0.1) is 23.8 Å². The molecule has 7 heteroatoms. The summed E-state index contributed by atoms with van der Waals surface area (Å²) in [5, 5.41) is 19.2. The quantitative estimate of drug-likeness (QED) is 0.574. The van der Waals surface area contributed by atoms with Crippen LogP contribution in [0.5, 0.6) is 5.75 Å². The second-order valence-electron chi connectivity index (χ2n) is 8.90. The zero-order valence-electron chi connectivity index (χ0n) is 18.4. The first kappa shape index (κ1) is 21.3. The van der Waals surface area contributed by atoms with Crippen LogP contribution in [0.25, 0.3) is 16.9 Å². The number of hydrogen-bond acceptors (Lipinski definition) is 5. The minimum atomic E-state index is -0.875. The Morgan fingerprint density at radius 2 is 2.10 bits per heavy atom. The highest BCUT2D eigenvalue weighted by molar-refractivity contribution is 5.69. The Kier molecular flexibility index (Phi) is 5.94. The van der Waals surface area contributed by atoms with Crippen molar-refractivity contribution in [3.05, 3.63) is 49.1 Å². The van der Waals surface area contributed by atoms with Crippen LogP contribution in [0.15, 0.2) is 49.1 Å². The lowest BCUT2D eigenvalue weighted by atomic mass is 9.79. The van der Waals surface area contributed by atoms with E-state index in [-0.39, 0.29) is 17.2 Å². The van der Waals surface area contributed by atoms with Crippen LogP contribution in [0.3, 0.4) is 0 Å². The molecule has 0 saturated heterocycles. The van der Waals surface area contributed by atoms with Crippen LogP contribution in [0.2, 0.25) is 0 Å². The Hall–Kier alpha value is -2.96. The highest BCUT2D eigenvalue weighted by Gasteiger charge is 2.37. The lowest BCUT2D eigenvalue weighted by molar-refractivity contribution is 0.214. The number of halogens is 1. The van der Waals surface area contributed by atoms with Crippen molar-refractivity contribution in [2.75, 3.05) is 11.9 Å². The van der Waals surface area contributed by atoms with Crippen LogP contribution < -0.4 is 4.90 Å². The molecule has 0 aliphatic heterocycles. The Labute approximate surface area is 182 Å². The van der Waals surface area contributed by atoms with Crippen molar-refractivity contribution < 1.29 is 9.50 Å². The van der Waals surface area contributed by atoms with Crippen molar-refractivity contribution >= 4 is 5.82 Å². The van der Waals surface area contributed by atoms with Crippen LogP contribution in [-0.2, 0) is 0 Å². The molecule has 6 nitrogen and oxygen atoms in total. The van der Waals surface area contributed by atoms with Crippen LogP contribution >= 0.6 is 0 Å². The van der Waals surface area contributed by atoms with Crippen LogP contribution in [0.4, 0.5) is 10.2 Å². The van der Waals surface area contributed by atoms with Crippen molar-refractivity contribution in [3.63, 3.8) is 0 Å². The minimum Gasteiger partial charge on any atom is -0.507 e. The minimum absolute atomic E-state index is 0.118. The van der Waals surface area contributed by atoms with Gasteiger partial charge in [-0.05, 0) is 55.4 Å². The molecule has 1 aliphatic carbocycles. The second-order valence-corrected chi connectivity index (χ2v) is 8.90. The lowest BCUT2D eigenvalue weighted by Gasteiger charge is -2.36. The highest BCUT2D eigenvalue weighted by atomic mass is 19.1. The van der Waals surface area contributed by atoms with Gasteiger partial charge in [-0.1, -0.05) is 20.3 Å². The van der Waals surface area contributed by atoms with E-state index < -0.39 is 6.17 Å². The van der Waals surface area contributed by atoms with E-state index in [1.54, 1.807) is 18.6 Å². The van der Waals surface area contributed by atoms with E-state index in [0.29, 0.717) is 23.5 Å². The van der Waals surface area contributed by atoms with Crippen LogP contribution in [0.1, 0.15) is 46.0 Å². The monoisotopic (exact) mass is 423 g/mol. The van der Waals surface area contributed by atoms with Crippen molar-refractivity contribution in [2.45, 2.75) is 58.2 Å². The van der Waals surface area contributed by atoms with Crippen LogP contribution in [-0.4, -0.2) is 44.1 Å². The van der Waals surface area contributed by atoms with Gasteiger partial charge in [0.25, 0.3) is 0 Å². The van der Waals surface area contributed by atoms with Crippen molar-refractivity contribution in [2.24, 2.45) is 5.41 Å². The number of aromatic hydroxyl groups is 1. The third kappa shape index (κ3) is 4.40. The number of alkyl halides is 1. The fraction of sp³-hybridized carbons (Fsp3) is 0.458. The normalized spacial score (nSPS) is 24.0. The second kappa shape index (κ2) is 8.65. The summed E-state index contributed by atoms with van der Waals surface area (Å²) in [5.74, 6) is 0.763. The summed E-state index contributed by atoms with van der Waals surface area (Å²) in [4.78, 5) is 5.96. The molecule has 1 aromatic carbocycles. The molecule has 1 saturated carbocycles. The van der Waals surface area contributed by atoms with Gasteiger partial charge in [-0.15, -0.1) is 10.2 Å². The number of aromatic nitrogens is 4. The average Bonchev–Trinajstić information content (AvgIpc) is 3.27. The molecule has 0 amide bonds. The third-order valence-corrected chi connectivity index (χ3v) is 6.80. The van der Waals surface area contributed by atoms with Gasteiger partial charge in [0, 0.05) is 31.1 Å². The van der Waals surface area contributed by atoms with E-state index in [2.05, 4.69) is 29.0 Å². The van der Waals surface area contributed by atoms with Crippen molar-refractivity contribution in [1.82, 2.24) is 19.7 Å². The average molecular weight is 424 g/mol. The van der Waals surface area contributed by atoms with E-state index in [1.807, 2.05) is 47.0 Å². The Bertz CT molecular complexity index is 1010. The van der Waals surface area contributed by atoms with E-state index in [4.69, 9.17) is 0 Å². The molecule has 1 aliphatic rings. The van der Waals surface area contributed by atoms with Gasteiger partial charge in [-0.3, -0.25) is 0 Å². The molecule has 0 radical (unpaired) electrons. The number of anilines is 1. The zero-order chi connectivity index (χ0) is 22.0. The number of hydrogen-bond donors (Lipinski definition) is 1. The maximum Gasteiger partial charge on any atom is 0.151 e. The number of imidazole rings is 1. The predicted octanol–water partition coefficient (Wildman–Crippen LogP) is 5.17. The van der Waals surface area contributed by atoms with E-state index in [9.17, 15) is 9.50 Å². The smallest absolute Gasteiger partial charge is 0.151 e. The van der Waals surface area contributed by atoms with Gasteiger partial charge < -0.3 is 14.6 Å². The summed E-state index contributed by atoms with van der Waals surface area (Å²) in [6, 6.07) is 8.84. The number of phenols is 1. The van der Waals surface area contributed by atoms with Crippen LogP contribution in [0, 0.1) is 5.41 Å². The molecular formula is C24H30FN5O. The van der Waals surface area contributed by atoms with Crippen molar-refractivity contribution in [3.8, 4) is 22.7 Å². The molecule has 4 rings (SSSR count). The first-order valence-electron chi connectivity index (χ1n) is 10.9. The molecule has 0 bridgehead atoms. The van der Waals surface area contributed by atoms with E-state index in [0.717, 1.165) is 31.4 Å². The molecule has 2 heterocycles. The summed E-state index contributed by atoms with van der Waals surface area (Å²) in [5.41, 5.74) is 2.13. The summed E-state index contributed by atoms with van der Waals surface area (Å²) in [7, 11) is 1.90. The fourth-order valence-electron chi connectivity index (χ4n) is 4.49. The largest absolute Gasteiger partial charge is 0.507 e. The topological polar surface area (TPSA) is 67.1 Å². The number of phenolic OH excluding ortho intramolecular Hbond substituents is 1. The molecule has 2 aromatic heterocycles. The molecule has 31 heavy (non-hydrogen) atoms. The summed E-state index contributed by atoms with van der Waals surface area (Å²) in [6.07, 6.45) is 8.73. The Balaban J connectivity index is 1.55. The maximum absolute atomic E-state index is 14.9. The first-order chi connectivity index (χ1) is 14.9. The van der Waals surface area contributed by atoms with Gasteiger partial charge >= 0.3 is 0 Å². The van der Waals surface area contributed by atoms with Gasteiger partial charge in [0.2, 0.25) is 0 Å². The SMILES string of the molecule is CC[C@]1(C)CCC[C@H](F)[C@H](N(C)c2ccc(-c3ccc(-n4ccnc4)cc3O)nn2)C1. The molecule has 1 fully saturated rings. The van der Waals surface area contributed by atoms with Gasteiger partial charge in [-0.2, -0.15) is 0 Å². The first-order valence-corrected chi connectivity index (χ1v) is 10.9. The summed E-state index contributed by atoms with van der Waals surface area (Å²) >= 11 is 0. The molecular weight excluding hydrogens is 393 g/mol. The molecule has 1 N–H and O–H groups in total. The highest BCUT2D eigenvalue weighted by Crippen LogP contribution is 2.40. The van der Waals surface area contributed by atoms with E-state index >= 15 is 0 Å². The van der Waals surface area contributed by atoms with Gasteiger partial charge in [-0.25, -0.2) is 9.37 Å². The Morgan fingerprint density at radius 3 is 2.74 bits per heavy atom. The molecule has 0 unspecified atom stereocenters. The maximum atomic E-state index is 14.9. The summed E-state index contributed by atoms with van der Waals surface area (Å²) < 4.78 is 16.8. The summed E-state index contributed by atoms with van der Waals surface area (Å²) in [6.45, 7) is 4.45. The Morgan fingerprint density at radius 1 is 1.26 bits per heavy atom. The zero-order valence-corrected chi connectivity index (χ0v) is 18.4. The van der Waals surface area contributed by atoms with Gasteiger partial charge in [0.1, 0.15) is 11.9 Å². The van der Waals surface area contributed by atoms with E-state index in [1.165, 1.54) is 0 Å². The molecule has 164 valence electrons. The number of benzene rings is 1. The number of rotatable bonds is 5.